The van der Waals surface area contributed by atoms with Crippen molar-refractivity contribution in [3.05, 3.63) is 97.0 Å². The third kappa shape index (κ3) is 7.75. The summed E-state index contributed by atoms with van der Waals surface area (Å²) in [6, 6.07) is 15.5. The summed E-state index contributed by atoms with van der Waals surface area (Å²) in [6.07, 6.45) is 3.26. The van der Waals surface area contributed by atoms with Crippen LogP contribution in [0.25, 0.3) is 5.57 Å². The highest BCUT2D eigenvalue weighted by molar-refractivity contribution is 7.90. The molecule has 0 spiro atoms. The van der Waals surface area contributed by atoms with Gasteiger partial charge in [0.25, 0.3) is 21.6 Å². The monoisotopic (exact) mass is 699 g/mol. The minimum atomic E-state index is -4.28. The van der Waals surface area contributed by atoms with Gasteiger partial charge in [-0.25, -0.2) is 13.1 Å². The Morgan fingerprint density at radius 1 is 1.02 bits per heavy atom. The molecule has 0 radical (unpaired) electrons. The number of amides is 1. The molecule has 0 bridgehead atoms. The van der Waals surface area contributed by atoms with Gasteiger partial charge < -0.3 is 10.2 Å². The maximum Gasteiger partial charge on any atom is 0.293 e. The third-order valence-electron chi connectivity index (χ3n) is 9.07. The molecule has 13 heteroatoms. The minimum Gasteiger partial charge on any atom is -0.382 e. The van der Waals surface area contributed by atoms with Crippen molar-refractivity contribution in [2.45, 2.75) is 44.9 Å². The smallest absolute Gasteiger partial charge is 0.293 e. The molecule has 0 atom stereocenters. The highest BCUT2D eigenvalue weighted by atomic mass is 35.5. The Morgan fingerprint density at radius 2 is 1.66 bits per heavy atom. The van der Waals surface area contributed by atoms with Gasteiger partial charge in [-0.3, -0.25) is 19.8 Å². The van der Waals surface area contributed by atoms with Gasteiger partial charge in [0.05, 0.1) is 20.4 Å². The number of allylic oxidation sites excluding steroid dienone is 1. The Morgan fingerprint density at radius 3 is 2.26 bits per heavy atom. The fourth-order valence-electron chi connectivity index (χ4n) is 6.37. The largest absolute Gasteiger partial charge is 0.382 e. The van der Waals surface area contributed by atoms with Gasteiger partial charge in [-0.15, -0.1) is 0 Å². The number of benzene rings is 3. The topological polar surface area (TPSA) is 125 Å². The second-order valence-electron chi connectivity index (χ2n) is 12.9. The first kappa shape index (κ1) is 34.7. The van der Waals surface area contributed by atoms with E-state index < -0.39 is 20.9 Å². The van der Waals surface area contributed by atoms with Crippen LogP contribution in [0.1, 0.15) is 54.6 Å². The van der Waals surface area contributed by atoms with Gasteiger partial charge in [-0.2, -0.15) is 0 Å². The number of sulfonamides is 1. The number of nitrogens with one attached hydrogen (secondary N) is 2. The first-order valence-electron chi connectivity index (χ1n) is 15.5. The zero-order valence-electron chi connectivity index (χ0n) is 26.9. The number of halogens is 2. The van der Waals surface area contributed by atoms with Crippen LogP contribution in [0.4, 0.5) is 17.1 Å². The van der Waals surface area contributed by atoms with E-state index in [4.69, 9.17) is 23.2 Å². The summed E-state index contributed by atoms with van der Waals surface area (Å²) < 4.78 is 28.2. The van der Waals surface area contributed by atoms with Crippen molar-refractivity contribution in [3.8, 4) is 0 Å². The lowest BCUT2D eigenvalue weighted by Gasteiger charge is -2.39. The van der Waals surface area contributed by atoms with Crippen molar-refractivity contribution < 1.29 is 18.1 Å². The van der Waals surface area contributed by atoms with Gasteiger partial charge in [-0.1, -0.05) is 54.8 Å². The molecule has 1 aliphatic carbocycles. The predicted molar refractivity (Wildman–Crippen MR) is 188 cm³/mol. The molecule has 1 saturated heterocycles. The Kier molecular flexibility index (Phi) is 10.2. The lowest BCUT2D eigenvalue weighted by Crippen LogP contribution is -2.47. The first-order valence-corrected chi connectivity index (χ1v) is 17.7. The van der Waals surface area contributed by atoms with Crippen molar-refractivity contribution in [1.29, 1.82) is 0 Å². The quantitative estimate of drug-likeness (QED) is 0.178. The normalized spacial score (nSPS) is 17.0. The van der Waals surface area contributed by atoms with E-state index in [1.54, 1.807) is 12.1 Å². The summed E-state index contributed by atoms with van der Waals surface area (Å²) in [4.78, 5) is 28.5. The zero-order chi connectivity index (χ0) is 34.1. The molecule has 0 unspecified atom stereocenters. The van der Waals surface area contributed by atoms with Crippen LogP contribution in [0, 0.1) is 22.5 Å². The molecule has 47 heavy (non-hydrogen) atoms. The average Bonchev–Trinajstić information content (AvgIpc) is 3.03. The SMILES string of the molecule is CNc1c([N+](=O)[O-])cc(C(=O)NS(=O)(=O)c2ccc(N3CCN(CC4=C(c5ccc(Cl)cc5)CC(C)(C)CC4)CC3)cc2)c(Cl)c1C. The van der Waals surface area contributed by atoms with Gasteiger partial charge in [0.2, 0.25) is 0 Å². The summed E-state index contributed by atoms with van der Waals surface area (Å²) >= 11 is 12.5. The predicted octanol–water partition coefficient (Wildman–Crippen LogP) is 7.16. The van der Waals surface area contributed by atoms with Gasteiger partial charge in [0, 0.05) is 56.5 Å². The Hall–Kier alpha value is -3.64. The maximum atomic E-state index is 13.1. The molecular weight excluding hydrogens is 661 g/mol. The number of hydrogen-bond donors (Lipinski definition) is 2. The molecule has 5 rings (SSSR count). The summed E-state index contributed by atoms with van der Waals surface area (Å²) in [5, 5.41) is 14.9. The summed E-state index contributed by atoms with van der Waals surface area (Å²) in [5.74, 6) is -1.06. The van der Waals surface area contributed by atoms with Gasteiger partial charge in [-0.05, 0) is 84.7 Å². The number of carbonyl (C=O) groups excluding carboxylic acids is 1. The molecule has 2 N–H and O–H groups in total. The number of nitrogens with zero attached hydrogens (tertiary/aromatic N) is 3. The number of carbonyl (C=O) groups is 1. The molecule has 2 aliphatic rings. The van der Waals surface area contributed by atoms with Gasteiger partial charge >= 0.3 is 0 Å². The van der Waals surface area contributed by atoms with Gasteiger partial charge in [0.1, 0.15) is 5.69 Å². The molecule has 250 valence electrons. The zero-order valence-corrected chi connectivity index (χ0v) is 29.2. The minimum absolute atomic E-state index is 0.0769. The van der Waals surface area contributed by atoms with E-state index in [0.29, 0.717) is 0 Å². The van der Waals surface area contributed by atoms with E-state index in [1.165, 1.54) is 42.8 Å². The fourth-order valence-corrected chi connectivity index (χ4v) is 7.70. The second kappa shape index (κ2) is 13.8. The first-order chi connectivity index (χ1) is 22.2. The summed E-state index contributed by atoms with van der Waals surface area (Å²) in [6.45, 7) is 10.4. The highest BCUT2D eigenvalue weighted by Crippen LogP contribution is 2.43. The number of hydrogen-bond acceptors (Lipinski definition) is 8. The molecule has 3 aromatic rings. The maximum absolute atomic E-state index is 13.1. The van der Waals surface area contributed by atoms with Crippen LogP contribution in [0.3, 0.4) is 0 Å². The third-order valence-corrected chi connectivity index (χ3v) is 11.2. The summed E-state index contributed by atoms with van der Waals surface area (Å²) in [7, 11) is -2.79. The molecular formula is C34H39Cl2N5O5S. The van der Waals surface area contributed by atoms with Gasteiger partial charge in [0.15, 0.2) is 0 Å². The Balaban J connectivity index is 1.24. The number of piperazine rings is 1. The molecule has 3 aromatic carbocycles. The lowest BCUT2D eigenvalue weighted by atomic mass is 9.72. The standard InChI is InChI=1S/C34H39Cl2N5O5S/c1-22-31(36)28(19-30(41(43)44)32(22)37-4)33(42)38-47(45,46)27-11-9-26(10-12-27)40-17-15-39(16-18-40)21-24-13-14-34(2,3)20-29(24)23-5-7-25(35)8-6-23/h5-12,19,37H,13-18,20-21H2,1-4H3,(H,38,42). The molecule has 10 nitrogen and oxygen atoms in total. The molecule has 1 fully saturated rings. The highest BCUT2D eigenvalue weighted by Gasteiger charge is 2.30. The lowest BCUT2D eigenvalue weighted by molar-refractivity contribution is -0.384. The van der Waals surface area contributed by atoms with Crippen LogP contribution in [0.15, 0.2) is 65.1 Å². The number of anilines is 2. The molecule has 0 saturated carbocycles. The molecule has 1 amide bonds. The molecule has 1 aliphatic heterocycles. The van der Waals surface area contributed by atoms with Crippen LogP contribution in [0.5, 0.6) is 0 Å². The van der Waals surface area contributed by atoms with E-state index in [2.05, 4.69) is 41.1 Å². The van der Waals surface area contributed by atoms with Crippen molar-refractivity contribution in [1.82, 2.24) is 9.62 Å². The van der Waals surface area contributed by atoms with E-state index in [1.807, 2.05) is 16.9 Å². The van der Waals surface area contributed by atoms with Crippen molar-refractivity contribution in [2.24, 2.45) is 5.41 Å². The van der Waals surface area contributed by atoms with Crippen LogP contribution in [0.2, 0.25) is 10.0 Å². The van der Waals surface area contributed by atoms with Crippen LogP contribution < -0.4 is 14.9 Å². The van der Waals surface area contributed by atoms with Crippen LogP contribution >= 0.6 is 23.2 Å². The van der Waals surface area contributed by atoms with Crippen molar-refractivity contribution in [2.75, 3.05) is 50.0 Å². The van der Waals surface area contributed by atoms with Crippen LogP contribution in [-0.4, -0.2) is 63.9 Å². The number of rotatable bonds is 9. The molecule has 0 aromatic heterocycles. The van der Waals surface area contributed by atoms with Crippen molar-refractivity contribution in [3.63, 3.8) is 0 Å². The van der Waals surface area contributed by atoms with E-state index in [9.17, 15) is 23.3 Å². The Labute approximate surface area is 285 Å². The van der Waals surface area contributed by atoms with E-state index in [0.717, 1.165) is 68.8 Å². The summed E-state index contributed by atoms with van der Waals surface area (Å²) in [5.41, 5.74) is 5.01. The van der Waals surface area contributed by atoms with E-state index in [-0.39, 0.29) is 37.8 Å². The second-order valence-corrected chi connectivity index (χ2v) is 15.4. The number of nitro benzene ring substituents is 1. The molecule has 1 heterocycles. The van der Waals surface area contributed by atoms with Crippen molar-refractivity contribution >= 4 is 61.8 Å². The fraction of sp³-hybridized carbons (Fsp3) is 0.382. The van der Waals surface area contributed by atoms with E-state index >= 15 is 0 Å². The Bertz CT molecular complexity index is 1820. The van der Waals surface area contributed by atoms with Crippen LogP contribution in [-0.2, 0) is 10.0 Å². The average molecular weight is 701 g/mol. The number of nitro groups is 1.